The number of amides is 2. The molecule has 2 fully saturated rings. The number of hydrogen-bond acceptors (Lipinski definition) is 5. The molecule has 0 unspecified atom stereocenters. The summed E-state index contributed by atoms with van der Waals surface area (Å²) in [4.78, 5) is 28.3. The summed E-state index contributed by atoms with van der Waals surface area (Å²) in [6, 6.07) is 7.51. The van der Waals surface area contributed by atoms with Crippen LogP contribution in [0.4, 0.5) is 5.69 Å². The van der Waals surface area contributed by atoms with E-state index in [1.807, 2.05) is 16.3 Å². The highest BCUT2D eigenvalue weighted by Crippen LogP contribution is 2.43. The number of carbonyl (C=O) groups excluding carboxylic acids is 2. The average molecular weight is 398 g/mol. The van der Waals surface area contributed by atoms with Crippen molar-refractivity contribution in [3.05, 3.63) is 40.1 Å². The number of benzene rings is 1. The van der Waals surface area contributed by atoms with Crippen LogP contribution in [-0.2, 0) is 4.79 Å². The van der Waals surface area contributed by atoms with Crippen molar-refractivity contribution < 1.29 is 19.1 Å². The van der Waals surface area contributed by atoms with Crippen molar-refractivity contribution in [3.63, 3.8) is 0 Å². The summed E-state index contributed by atoms with van der Waals surface area (Å²) in [5, 5.41) is 4.99. The Kier molecular flexibility index (Phi) is 4.47. The first kappa shape index (κ1) is 17.6. The Labute approximate surface area is 167 Å². The second-order valence-electron chi connectivity index (χ2n) is 7.60. The molecule has 0 atom stereocenters. The molecular weight excluding hydrogens is 376 g/mol. The number of piperidine rings is 1. The van der Waals surface area contributed by atoms with Crippen LogP contribution >= 0.6 is 11.3 Å². The summed E-state index contributed by atoms with van der Waals surface area (Å²) in [7, 11) is 0. The largest absolute Gasteiger partial charge is 0.454 e. The van der Waals surface area contributed by atoms with Crippen LogP contribution in [0.15, 0.2) is 29.6 Å². The highest BCUT2D eigenvalue weighted by Gasteiger charge is 2.33. The molecule has 0 bridgehead atoms. The van der Waals surface area contributed by atoms with E-state index in [0.717, 1.165) is 4.88 Å². The molecule has 1 aromatic heterocycles. The number of ether oxygens (including phenoxy) is 2. The molecule has 2 aromatic rings. The zero-order valence-corrected chi connectivity index (χ0v) is 16.3. The van der Waals surface area contributed by atoms with Gasteiger partial charge in [-0.15, -0.1) is 11.3 Å². The summed E-state index contributed by atoms with van der Waals surface area (Å²) in [5.74, 6) is 1.98. The number of thiophene rings is 1. The third-order valence-electron chi connectivity index (χ3n) is 5.70. The van der Waals surface area contributed by atoms with Crippen molar-refractivity contribution in [3.8, 4) is 11.5 Å². The fraction of sp³-hybridized carbons (Fsp3) is 0.429. The molecule has 7 heteroatoms. The number of carbonyl (C=O) groups is 2. The Balaban J connectivity index is 1.18. The minimum absolute atomic E-state index is 0.000701. The van der Waals surface area contributed by atoms with Crippen LogP contribution in [0.2, 0.25) is 0 Å². The summed E-state index contributed by atoms with van der Waals surface area (Å²) in [6.45, 7) is 1.46. The first-order valence-corrected chi connectivity index (χ1v) is 10.6. The number of likely N-dealkylation sites (tertiary alicyclic amines) is 1. The van der Waals surface area contributed by atoms with E-state index in [4.69, 9.17) is 9.47 Å². The smallest absolute Gasteiger partial charge is 0.264 e. The Hall–Kier alpha value is -2.54. The molecule has 2 aliphatic heterocycles. The first-order chi connectivity index (χ1) is 13.7. The third-order valence-corrected chi connectivity index (χ3v) is 6.62. The molecule has 1 aromatic carbocycles. The number of anilines is 1. The van der Waals surface area contributed by atoms with Gasteiger partial charge in [0.25, 0.3) is 5.91 Å². The normalized spacial score (nSPS) is 18.9. The molecule has 3 aliphatic rings. The number of rotatable bonds is 4. The number of nitrogens with one attached hydrogen (secondary N) is 1. The topological polar surface area (TPSA) is 67.9 Å². The average Bonchev–Trinajstić information content (AvgIpc) is 3.26. The summed E-state index contributed by atoms with van der Waals surface area (Å²) in [5.41, 5.74) is 1.93. The maximum absolute atomic E-state index is 12.9. The maximum atomic E-state index is 12.9. The summed E-state index contributed by atoms with van der Waals surface area (Å²) < 4.78 is 10.7. The Morgan fingerprint density at radius 2 is 1.82 bits per heavy atom. The van der Waals surface area contributed by atoms with Gasteiger partial charge in [0.2, 0.25) is 12.7 Å². The Morgan fingerprint density at radius 1 is 1.04 bits per heavy atom. The van der Waals surface area contributed by atoms with Gasteiger partial charge in [-0.3, -0.25) is 9.59 Å². The lowest BCUT2D eigenvalue weighted by molar-refractivity contribution is -0.121. The molecule has 3 heterocycles. The maximum Gasteiger partial charge on any atom is 0.264 e. The zero-order chi connectivity index (χ0) is 19.1. The zero-order valence-electron chi connectivity index (χ0n) is 15.5. The predicted molar refractivity (Wildman–Crippen MR) is 106 cm³/mol. The van der Waals surface area contributed by atoms with Crippen molar-refractivity contribution >= 4 is 28.8 Å². The molecule has 1 N–H and O–H groups in total. The molecule has 0 spiro atoms. The van der Waals surface area contributed by atoms with Crippen molar-refractivity contribution in [2.45, 2.75) is 31.6 Å². The van der Waals surface area contributed by atoms with Crippen LogP contribution in [0, 0.1) is 5.92 Å². The Morgan fingerprint density at radius 3 is 2.61 bits per heavy atom. The van der Waals surface area contributed by atoms with Gasteiger partial charge in [0.1, 0.15) is 0 Å². The van der Waals surface area contributed by atoms with E-state index < -0.39 is 0 Å². The van der Waals surface area contributed by atoms with Crippen LogP contribution in [0.3, 0.4) is 0 Å². The van der Waals surface area contributed by atoms with E-state index in [1.54, 1.807) is 23.5 Å². The lowest BCUT2D eigenvalue weighted by Crippen LogP contribution is -2.41. The van der Waals surface area contributed by atoms with E-state index in [1.165, 1.54) is 18.4 Å². The van der Waals surface area contributed by atoms with E-state index in [-0.39, 0.29) is 24.5 Å². The summed E-state index contributed by atoms with van der Waals surface area (Å²) >= 11 is 1.55. The molecule has 5 rings (SSSR count). The molecule has 28 heavy (non-hydrogen) atoms. The molecule has 6 nitrogen and oxygen atoms in total. The highest BCUT2D eigenvalue weighted by molar-refractivity contribution is 7.12. The first-order valence-electron chi connectivity index (χ1n) is 9.76. The van der Waals surface area contributed by atoms with Crippen molar-refractivity contribution in [2.75, 3.05) is 25.2 Å². The van der Waals surface area contributed by atoms with E-state index >= 15 is 0 Å². The van der Waals surface area contributed by atoms with E-state index in [9.17, 15) is 9.59 Å². The molecule has 1 saturated carbocycles. The number of nitrogens with zero attached hydrogens (tertiary/aromatic N) is 1. The van der Waals surface area contributed by atoms with Crippen LogP contribution in [0.5, 0.6) is 11.5 Å². The minimum atomic E-state index is -0.0827. The van der Waals surface area contributed by atoms with Gasteiger partial charge in [-0.25, -0.2) is 0 Å². The van der Waals surface area contributed by atoms with Crippen molar-refractivity contribution in [2.24, 2.45) is 5.92 Å². The predicted octanol–water partition coefficient (Wildman–Crippen LogP) is 3.85. The second-order valence-corrected chi connectivity index (χ2v) is 8.52. The van der Waals surface area contributed by atoms with Gasteiger partial charge in [-0.1, -0.05) is 0 Å². The van der Waals surface area contributed by atoms with E-state index in [2.05, 4.69) is 11.4 Å². The van der Waals surface area contributed by atoms with Crippen LogP contribution in [0.1, 0.15) is 46.8 Å². The lowest BCUT2D eigenvalue weighted by Gasteiger charge is -2.31. The minimum Gasteiger partial charge on any atom is -0.454 e. The number of hydrogen-bond donors (Lipinski definition) is 1. The van der Waals surface area contributed by atoms with Gasteiger partial charge in [-0.05, 0) is 60.7 Å². The van der Waals surface area contributed by atoms with Crippen molar-refractivity contribution in [1.29, 1.82) is 0 Å². The molecular formula is C21H22N2O4S. The van der Waals surface area contributed by atoms with Crippen LogP contribution in [-0.4, -0.2) is 36.6 Å². The highest BCUT2D eigenvalue weighted by atomic mass is 32.1. The van der Waals surface area contributed by atoms with Gasteiger partial charge < -0.3 is 19.7 Å². The Bertz CT molecular complexity index is 913. The molecule has 1 saturated heterocycles. The second kappa shape index (κ2) is 7.13. The van der Waals surface area contributed by atoms with Gasteiger partial charge >= 0.3 is 0 Å². The lowest BCUT2D eigenvalue weighted by atomic mass is 9.95. The van der Waals surface area contributed by atoms with Crippen molar-refractivity contribution in [1.82, 2.24) is 4.90 Å². The third kappa shape index (κ3) is 3.35. The fourth-order valence-electron chi connectivity index (χ4n) is 3.92. The fourth-order valence-corrected chi connectivity index (χ4v) is 4.87. The van der Waals surface area contributed by atoms with Gasteiger partial charge in [0.15, 0.2) is 11.5 Å². The molecule has 0 radical (unpaired) electrons. The van der Waals surface area contributed by atoms with Gasteiger partial charge in [0.05, 0.1) is 4.88 Å². The SMILES string of the molecule is O=C(Nc1ccc2c(c1)OCO2)C1CCN(C(=O)c2sccc2C2CC2)CC1. The quantitative estimate of drug-likeness (QED) is 0.850. The van der Waals surface area contributed by atoms with Gasteiger partial charge in [0, 0.05) is 30.8 Å². The van der Waals surface area contributed by atoms with Crippen LogP contribution in [0.25, 0.3) is 0 Å². The molecule has 2 amide bonds. The summed E-state index contributed by atoms with van der Waals surface area (Å²) in [6.07, 6.45) is 3.76. The van der Waals surface area contributed by atoms with Gasteiger partial charge in [-0.2, -0.15) is 0 Å². The standard InChI is InChI=1S/C21H22N2O4S/c24-20(22-15-3-4-17-18(11-15)27-12-26-17)14-5-8-23(9-6-14)21(25)19-16(7-10-28-19)13-1-2-13/h3-4,7,10-11,13-14H,1-2,5-6,8-9,12H2,(H,22,24). The number of fused-ring (bicyclic) bond motifs is 1. The van der Waals surface area contributed by atoms with E-state index in [0.29, 0.717) is 49.0 Å². The molecule has 146 valence electrons. The monoisotopic (exact) mass is 398 g/mol. The van der Waals surface area contributed by atoms with Crippen LogP contribution < -0.4 is 14.8 Å². The molecule has 1 aliphatic carbocycles.